The Labute approximate surface area is 310 Å². The number of carboxylic acids is 2. The normalized spacial score (nSPS) is 33.4. The molecule has 0 aromatic carbocycles. The number of ether oxygens (including phenoxy) is 2. The highest BCUT2D eigenvalue weighted by Crippen LogP contribution is 2.73. The fourth-order valence-corrected chi connectivity index (χ4v) is 11.2. The quantitative estimate of drug-likeness (QED) is 0.126. The number of carbonyl (C=O) groups excluding carboxylic acids is 3. The Balaban J connectivity index is 1.65. The largest absolute Gasteiger partial charge is 0.481 e. The van der Waals surface area contributed by atoms with Crippen LogP contribution in [-0.4, -0.2) is 62.8 Å². The fourth-order valence-electron chi connectivity index (χ4n) is 11.2. The molecule has 294 valence electrons. The molecule has 0 aromatic heterocycles. The van der Waals surface area contributed by atoms with E-state index in [2.05, 4.69) is 47.6 Å². The van der Waals surface area contributed by atoms with Crippen LogP contribution in [-0.2, 0) is 33.4 Å². The molecule has 3 unspecified atom stereocenters. The van der Waals surface area contributed by atoms with Crippen molar-refractivity contribution in [2.24, 2.45) is 56.2 Å². The number of Topliss-reactive ketones (excluding diaryl/α,β-unsaturated/α-hetero) is 1. The highest BCUT2D eigenvalue weighted by molar-refractivity contribution is 5.85. The summed E-state index contributed by atoms with van der Waals surface area (Å²) in [5.41, 5.74) is -3.46. The van der Waals surface area contributed by atoms with E-state index in [1.807, 2.05) is 0 Å². The van der Waals surface area contributed by atoms with Gasteiger partial charge in [-0.25, -0.2) is 0 Å². The molecule has 4 rings (SSSR count). The zero-order chi connectivity index (χ0) is 39.6. The third-order valence-corrected chi connectivity index (χ3v) is 14.8. The van der Waals surface area contributed by atoms with Crippen LogP contribution < -0.4 is 0 Å². The van der Waals surface area contributed by atoms with Gasteiger partial charge >= 0.3 is 23.9 Å². The summed E-state index contributed by atoms with van der Waals surface area (Å²) in [5.74, 6) is -2.73. The van der Waals surface area contributed by atoms with E-state index in [4.69, 9.17) is 9.47 Å². The number of aliphatic hydroxyl groups is 1. The molecule has 0 amide bonds. The van der Waals surface area contributed by atoms with Gasteiger partial charge in [-0.15, -0.1) is 0 Å². The third kappa shape index (κ3) is 7.35. The second kappa shape index (κ2) is 13.8. The van der Waals surface area contributed by atoms with E-state index < -0.39 is 65.4 Å². The van der Waals surface area contributed by atoms with Crippen LogP contribution in [0.2, 0.25) is 0 Å². The first-order chi connectivity index (χ1) is 23.5. The first-order valence-corrected chi connectivity index (χ1v) is 19.4. The van der Waals surface area contributed by atoms with E-state index in [0.29, 0.717) is 24.0 Å². The topological polar surface area (TPSA) is 164 Å². The average Bonchev–Trinajstić information content (AvgIpc) is 3.27. The molecule has 0 spiro atoms. The lowest BCUT2D eigenvalue weighted by molar-refractivity contribution is -0.193. The minimum atomic E-state index is -1.68. The maximum Gasteiger partial charge on any atom is 0.309 e. The van der Waals surface area contributed by atoms with Crippen molar-refractivity contribution >= 4 is 29.7 Å². The monoisotopic (exact) mass is 730 g/mol. The van der Waals surface area contributed by atoms with Crippen molar-refractivity contribution in [2.45, 2.75) is 165 Å². The molecule has 0 saturated heterocycles. The lowest BCUT2D eigenvalue weighted by Gasteiger charge is -2.63. The number of carboxylic acid groups (broad SMARTS) is 2. The number of esters is 2. The zero-order valence-electron chi connectivity index (χ0n) is 33.8. The SMILES string of the molecule is CC(C[C@@H](OC(=O)CC(C)(C)C(=O)O)[C@H](OC(=O)CC(C)(C)C(=O)O)C(C)(C)O)[C@@H]1CC[C@]2(C)C3=CCC4C(C)(C)C(=O)CC[C@]4(C)C3CC[C@@]12C. The molecule has 0 heterocycles. The third-order valence-electron chi connectivity index (χ3n) is 14.8. The van der Waals surface area contributed by atoms with Gasteiger partial charge in [0.05, 0.1) is 29.3 Å². The van der Waals surface area contributed by atoms with E-state index in [9.17, 15) is 39.3 Å². The summed E-state index contributed by atoms with van der Waals surface area (Å²) in [6.07, 6.45) is 5.79. The van der Waals surface area contributed by atoms with Gasteiger partial charge in [0, 0.05) is 11.8 Å². The molecule has 4 aliphatic rings. The van der Waals surface area contributed by atoms with Crippen LogP contribution in [0.5, 0.6) is 0 Å². The maximum atomic E-state index is 13.4. The number of hydrogen-bond donors (Lipinski definition) is 3. The molecule has 10 nitrogen and oxygen atoms in total. The predicted molar refractivity (Wildman–Crippen MR) is 196 cm³/mol. The Bertz CT molecular complexity index is 1480. The van der Waals surface area contributed by atoms with E-state index in [-0.39, 0.29) is 39.9 Å². The summed E-state index contributed by atoms with van der Waals surface area (Å²) >= 11 is 0. The van der Waals surface area contributed by atoms with Crippen molar-refractivity contribution in [3.05, 3.63) is 11.6 Å². The first-order valence-electron chi connectivity index (χ1n) is 19.4. The van der Waals surface area contributed by atoms with Crippen molar-refractivity contribution < 1.29 is 48.8 Å². The van der Waals surface area contributed by atoms with Gasteiger partial charge in [-0.1, -0.05) is 53.2 Å². The predicted octanol–water partition coefficient (Wildman–Crippen LogP) is 7.78. The summed E-state index contributed by atoms with van der Waals surface area (Å²) in [7, 11) is 0. The van der Waals surface area contributed by atoms with Crippen LogP contribution >= 0.6 is 0 Å². The maximum absolute atomic E-state index is 13.4. The highest BCUT2D eigenvalue weighted by Gasteiger charge is 2.65. The molecule has 0 aromatic rings. The highest BCUT2D eigenvalue weighted by atomic mass is 16.6. The van der Waals surface area contributed by atoms with Crippen molar-refractivity contribution in [3.63, 3.8) is 0 Å². The molecule has 9 atom stereocenters. The van der Waals surface area contributed by atoms with Gasteiger partial charge in [-0.2, -0.15) is 0 Å². The van der Waals surface area contributed by atoms with Gasteiger partial charge in [0.15, 0.2) is 6.10 Å². The average molecular weight is 731 g/mol. The van der Waals surface area contributed by atoms with Crippen molar-refractivity contribution in [1.29, 1.82) is 0 Å². The molecule has 3 fully saturated rings. The number of aliphatic carboxylic acids is 2. The minimum absolute atomic E-state index is 0.0496. The molecule has 0 aliphatic heterocycles. The summed E-state index contributed by atoms with van der Waals surface area (Å²) in [6, 6.07) is 0. The molecule has 0 radical (unpaired) electrons. The van der Waals surface area contributed by atoms with E-state index in [1.165, 1.54) is 47.1 Å². The Kier molecular flexibility index (Phi) is 11.2. The van der Waals surface area contributed by atoms with Gasteiger partial charge in [0.25, 0.3) is 0 Å². The van der Waals surface area contributed by atoms with Gasteiger partial charge in [-0.3, -0.25) is 24.0 Å². The minimum Gasteiger partial charge on any atom is -0.481 e. The Morgan fingerprint density at radius 3 is 1.90 bits per heavy atom. The Hall–Kier alpha value is -2.75. The van der Waals surface area contributed by atoms with Gasteiger partial charge in [-0.05, 0) is 126 Å². The second-order valence-corrected chi connectivity index (χ2v) is 20.1. The van der Waals surface area contributed by atoms with Gasteiger partial charge in [0.2, 0.25) is 0 Å². The van der Waals surface area contributed by atoms with Crippen LogP contribution in [0.1, 0.15) is 147 Å². The fraction of sp³-hybridized carbons (Fsp3) is 0.833. The molecule has 3 N–H and O–H groups in total. The zero-order valence-corrected chi connectivity index (χ0v) is 33.8. The number of ketones is 1. The smallest absolute Gasteiger partial charge is 0.309 e. The number of carbonyl (C=O) groups is 5. The molecular formula is C42H66O10. The Morgan fingerprint density at radius 1 is 0.846 bits per heavy atom. The number of fused-ring (bicyclic) bond motifs is 5. The van der Waals surface area contributed by atoms with Crippen molar-refractivity contribution in [1.82, 2.24) is 0 Å². The number of hydrogen-bond acceptors (Lipinski definition) is 8. The molecule has 4 aliphatic carbocycles. The lowest BCUT2D eigenvalue weighted by Crippen LogP contribution is -2.57. The molecule has 10 heteroatoms. The van der Waals surface area contributed by atoms with Crippen LogP contribution in [0.3, 0.4) is 0 Å². The van der Waals surface area contributed by atoms with E-state index in [0.717, 1.165) is 38.5 Å². The van der Waals surface area contributed by atoms with Crippen molar-refractivity contribution in [3.8, 4) is 0 Å². The summed E-state index contributed by atoms with van der Waals surface area (Å²) in [4.78, 5) is 63.4. The van der Waals surface area contributed by atoms with Crippen LogP contribution in [0.4, 0.5) is 0 Å². The second-order valence-electron chi connectivity index (χ2n) is 20.1. The molecule has 52 heavy (non-hydrogen) atoms. The van der Waals surface area contributed by atoms with Crippen molar-refractivity contribution in [2.75, 3.05) is 0 Å². The lowest BCUT2D eigenvalue weighted by atomic mass is 9.41. The van der Waals surface area contributed by atoms with Gasteiger partial charge < -0.3 is 24.8 Å². The van der Waals surface area contributed by atoms with Crippen LogP contribution in [0, 0.1) is 56.2 Å². The summed E-state index contributed by atoms with van der Waals surface area (Å²) in [5, 5.41) is 30.7. The summed E-state index contributed by atoms with van der Waals surface area (Å²) < 4.78 is 11.9. The van der Waals surface area contributed by atoms with E-state index in [1.54, 1.807) is 0 Å². The van der Waals surface area contributed by atoms with E-state index >= 15 is 0 Å². The molecule has 3 saturated carbocycles. The number of rotatable bonds is 13. The molecule has 0 bridgehead atoms. The first kappa shape index (κ1) is 42.0. The summed E-state index contributed by atoms with van der Waals surface area (Å²) in [6.45, 7) is 22.2. The number of allylic oxidation sites excluding steroid dienone is 2. The van der Waals surface area contributed by atoms with Gasteiger partial charge in [0.1, 0.15) is 11.9 Å². The standard InChI is InChI=1S/C42H66O10/c1-24(21-28(51-31(44)22-36(2,3)34(46)47)33(39(8,9)50)52-32(45)23-37(4,5)35(48)49)25-15-19-42(12)27-13-14-29-38(6,7)30(43)17-18-40(29,10)26(27)16-20-41(25,42)11/h13,24-26,28-29,33,50H,14-23H2,1-12H3,(H,46,47)(H,48,49)/t24?,25-,26?,28+,29?,33-,40+,41-,42+/m0/s1. The molecular weight excluding hydrogens is 664 g/mol. The van der Waals surface area contributed by atoms with Crippen LogP contribution in [0.15, 0.2) is 11.6 Å². The Morgan fingerprint density at radius 2 is 1.38 bits per heavy atom. The van der Waals surface area contributed by atoms with Crippen LogP contribution in [0.25, 0.3) is 0 Å².